The molecule has 3 aromatic rings. The van der Waals surface area contributed by atoms with Crippen LogP contribution in [0.5, 0.6) is 0 Å². The number of anilines is 3. The average Bonchev–Trinajstić information content (AvgIpc) is 3.34. The minimum Gasteiger partial charge on any atom is -0.369 e. The van der Waals surface area contributed by atoms with Gasteiger partial charge in [-0.1, -0.05) is 0 Å². The van der Waals surface area contributed by atoms with Crippen LogP contribution in [0.2, 0.25) is 0 Å². The Morgan fingerprint density at radius 2 is 1.70 bits per heavy atom. The molecule has 1 fully saturated rings. The van der Waals surface area contributed by atoms with Crippen molar-refractivity contribution in [3.63, 3.8) is 0 Å². The van der Waals surface area contributed by atoms with Gasteiger partial charge in [-0.3, -0.25) is 14.7 Å². The van der Waals surface area contributed by atoms with E-state index in [0.29, 0.717) is 23.0 Å². The summed E-state index contributed by atoms with van der Waals surface area (Å²) in [6.07, 6.45) is 0.251. The molecule has 3 heterocycles. The van der Waals surface area contributed by atoms with E-state index in [1.54, 1.807) is 31.1 Å². The molecule has 3 N–H and O–H groups in total. The molecule has 2 aliphatic heterocycles. The summed E-state index contributed by atoms with van der Waals surface area (Å²) in [5.41, 5.74) is 2.49. The molecule has 0 saturated carbocycles. The van der Waals surface area contributed by atoms with E-state index in [1.807, 2.05) is 6.07 Å². The minimum absolute atomic E-state index is 0.0544. The molecule has 43 heavy (non-hydrogen) atoms. The molecule has 15 heteroatoms. The highest BCUT2D eigenvalue weighted by atomic mass is 32.2. The number of carbonyl (C=O) groups excluding carboxylic acids is 2. The van der Waals surface area contributed by atoms with Gasteiger partial charge >= 0.3 is 0 Å². The first-order valence-corrected chi connectivity index (χ1v) is 15.2. The highest BCUT2D eigenvalue weighted by Gasteiger charge is 2.32. The fraction of sp³-hybridized carbons (Fsp3) is 0.393. The number of H-pyrrole nitrogens is 1. The van der Waals surface area contributed by atoms with Crippen LogP contribution in [0.3, 0.4) is 0 Å². The smallest absolute Gasteiger partial charge is 0.258 e. The lowest BCUT2D eigenvalue weighted by Gasteiger charge is -2.34. The van der Waals surface area contributed by atoms with E-state index in [0.717, 1.165) is 48.3 Å². The van der Waals surface area contributed by atoms with Crippen LogP contribution < -0.4 is 15.5 Å². The molecule has 0 radical (unpaired) electrons. The number of hydrogen-bond donors (Lipinski definition) is 3. The third kappa shape index (κ3) is 6.85. The van der Waals surface area contributed by atoms with E-state index in [4.69, 9.17) is 0 Å². The Bertz CT molecular complexity index is 1620. The van der Waals surface area contributed by atoms with E-state index in [9.17, 15) is 26.8 Å². The highest BCUT2D eigenvalue weighted by molar-refractivity contribution is 7.89. The average molecular weight is 617 g/mol. The molecule has 2 aliphatic rings. The second kappa shape index (κ2) is 12.4. The number of carbonyl (C=O) groups is 2. The highest BCUT2D eigenvalue weighted by Crippen LogP contribution is 2.30. The minimum atomic E-state index is -4.23. The molecule has 5 rings (SSSR count). The Kier molecular flexibility index (Phi) is 8.78. The number of fused-ring (bicyclic) bond motifs is 1. The van der Waals surface area contributed by atoms with Gasteiger partial charge in [-0.05, 0) is 51.5 Å². The van der Waals surface area contributed by atoms with Crippen molar-refractivity contribution < 1.29 is 26.8 Å². The lowest BCUT2D eigenvalue weighted by Crippen LogP contribution is -2.44. The third-order valence-corrected chi connectivity index (χ3v) is 9.28. The van der Waals surface area contributed by atoms with E-state index in [1.165, 1.54) is 0 Å². The number of rotatable bonds is 8. The molecule has 0 unspecified atom stereocenters. The zero-order valence-corrected chi connectivity index (χ0v) is 25.0. The van der Waals surface area contributed by atoms with Crippen LogP contribution in [0.4, 0.5) is 26.0 Å². The number of halogens is 2. The van der Waals surface area contributed by atoms with Crippen molar-refractivity contribution in [2.24, 2.45) is 0 Å². The maximum atomic E-state index is 13.8. The Morgan fingerprint density at radius 1 is 1.00 bits per heavy atom. The molecule has 2 aromatic carbocycles. The van der Waals surface area contributed by atoms with Crippen LogP contribution in [0, 0.1) is 11.6 Å². The number of piperazine rings is 1. The van der Waals surface area contributed by atoms with Gasteiger partial charge in [0.2, 0.25) is 15.9 Å². The number of nitrogens with zero attached hydrogens (tertiary/aromatic N) is 5. The molecule has 0 bridgehead atoms. The second-order valence-electron chi connectivity index (χ2n) is 11.0. The van der Waals surface area contributed by atoms with Crippen molar-refractivity contribution in [2.45, 2.75) is 17.9 Å². The summed E-state index contributed by atoms with van der Waals surface area (Å²) >= 11 is 0. The lowest BCUT2D eigenvalue weighted by molar-refractivity contribution is -0.116. The third-order valence-electron chi connectivity index (χ3n) is 7.45. The maximum absolute atomic E-state index is 13.8. The van der Waals surface area contributed by atoms with Crippen LogP contribution in [-0.2, 0) is 27.8 Å². The number of sulfonamides is 1. The van der Waals surface area contributed by atoms with E-state index >= 15 is 0 Å². The van der Waals surface area contributed by atoms with Gasteiger partial charge in [0, 0.05) is 68.7 Å². The number of benzene rings is 2. The second-order valence-corrected chi connectivity index (χ2v) is 12.9. The molecule has 230 valence electrons. The maximum Gasteiger partial charge on any atom is 0.258 e. The van der Waals surface area contributed by atoms with Crippen molar-refractivity contribution in [3.05, 3.63) is 64.9 Å². The van der Waals surface area contributed by atoms with Gasteiger partial charge in [0.15, 0.2) is 5.82 Å². The SMILES string of the molecule is CN(C)CC(=O)Nc1cc(N2CCN(C)CC2)ccc1C(=O)Nc1n[nH]c2c1CN(S(=O)(=O)c1cc(F)cc(F)c1)CC2. The molecular weight excluding hydrogens is 582 g/mol. The van der Waals surface area contributed by atoms with Crippen molar-refractivity contribution in [1.29, 1.82) is 0 Å². The van der Waals surface area contributed by atoms with E-state index in [-0.39, 0.29) is 43.3 Å². The number of hydrogen-bond acceptors (Lipinski definition) is 8. The Labute approximate surface area is 248 Å². The first-order chi connectivity index (χ1) is 20.4. The summed E-state index contributed by atoms with van der Waals surface area (Å²) in [5.74, 6) is -2.72. The van der Waals surface area contributed by atoms with Crippen molar-refractivity contribution in [3.8, 4) is 0 Å². The zero-order valence-electron chi connectivity index (χ0n) is 24.2. The molecule has 2 amide bonds. The fourth-order valence-corrected chi connectivity index (χ4v) is 6.60. The van der Waals surface area contributed by atoms with Crippen molar-refractivity contribution in [1.82, 2.24) is 24.3 Å². The molecule has 12 nitrogen and oxygen atoms in total. The quantitative estimate of drug-likeness (QED) is 0.350. The molecule has 0 aliphatic carbocycles. The Hall–Kier alpha value is -3.92. The lowest BCUT2D eigenvalue weighted by atomic mass is 10.1. The summed E-state index contributed by atoms with van der Waals surface area (Å²) in [6, 6.07) is 7.39. The number of likely N-dealkylation sites (N-methyl/N-ethyl adjacent to an activating group) is 2. The van der Waals surface area contributed by atoms with Gasteiger partial charge in [0.1, 0.15) is 11.6 Å². The van der Waals surface area contributed by atoms with Gasteiger partial charge in [-0.25, -0.2) is 17.2 Å². The summed E-state index contributed by atoms with van der Waals surface area (Å²) in [4.78, 5) is 31.9. The molecule has 0 spiro atoms. The molecule has 1 saturated heterocycles. The molecule has 0 atom stereocenters. The van der Waals surface area contributed by atoms with Gasteiger partial charge in [-0.15, -0.1) is 0 Å². The topological polar surface area (TPSA) is 134 Å². The van der Waals surface area contributed by atoms with Crippen molar-refractivity contribution in [2.75, 3.05) is 75.9 Å². The van der Waals surface area contributed by atoms with Crippen LogP contribution in [-0.4, -0.2) is 105 Å². The van der Waals surface area contributed by atoms with Gasteiger partial charge in [-0.2, -0.15) is 9.40 Å². The van der Waals surface area contributed by atoms with Crippen LogP contribution in [0.25, 0.3) is 0 Å². The Balaban J connectivity index is 1.39. The fourth-order valence-electron chi connectivity index (χ4n) is 5.15. The summed E-state index contributed by atoms with van der Waals surface area (Å²) < 4.78 is 55.1. The molecule has 1 aromatic heterocycles. The first kappa shape index (κ1) is 30.5. The van der Waals surface area contributed by atoms with Gasteiger partial charge < -0.3 is 25.3 Å². The van der Waals surface area contributed by atoms with E-state index < -0.39 is 32.5 Å². The van der Waals surface area contributed by atoms with Crippen LogP contribution in [0.1, 0.15) is 21.6 Å². The standard InChI is InChI=1S/C28H34F2N8O4S/c1-35(2)17-26(39)31-25-15-20(37-10-8-36(3)9-11-37)4-5-22(25)28(40)32-27-23-16-38(7-6-24(23)33-34-27)43(41,42)21-13-18(29)12-19(30)14-21/h4-5,12-15H,6-11,16-17H2,1-3H3,(H,31,39)(H2,32,33,34,40). The van der Waals surface area contributed by atoms with Crippen LogP contribution in [0.15, 0.2) is 41.3 Å². The summed E-state index contributed by atoms with van der Waals surface area (Å²) in [6.45, 7) is 3.37. The van der Waals surface area contributed by atoms with Crippen LogP contribution >= 0.6 is 0 Å². The summed E-state index contributed by atoms with van der Waals surface area (Å²) in [7, 11) is 1.36. The Morgan fingerprint density at radius 3 is 2.37 bits per heavy atom. The largest absolute Gasteiger partial charge is 0.369 e. The number of nitrogens with one attached hydrogen (secondary N) is 3. The van der Waals surface area contributed by atoms with Gasteiger partial charge in [0.05, 0.1) is 22.7 Å². The number of aromatic amines is 1. The zero-order chi connectivity index (χ0) is 30.9. The first-order valence-electron chi connectivity index (χ1n) is 13.8. The van der Waals surface area contributed by atoms with Crippen molar-refractivity contribution >= 4 is 39.0 Å². The normalized spacial score (nSPS) is 16.3. The number of amides is 2. The number of aromatic nitrogens is 2. The summed E-state index contributed by atoms with van der Waals surface area (Å²) in [5, 5.41) is 12.7. The van der Waals surface area contributed by atoms with Gasteiger partial charge in [0.25, 0.3) is 5.91 Å². The predicted molar refractivity (Wildman–Crippen MR) is 158 cm³/mol. The monoisotopic (exact) mass is 616 g/mol. The van der Waals surface area contributed by atoms with E-state index in [2.05, 4.69) is 37.7 Å². The predicted octanol–water partition coefficient (Wildman–Crippen LogP) is 1.94. The molecular formula is C28H34F2N8O4S.